The number of aliphatic hydroxyl groups is 1. The monoisotopic (exact) mass is 644 g/mol. The first-order chi connectivity index (χ1) is 22.1. The fourth-order valence-corrected chi connectivity index (χ4v) is 11.6. The maximum absolute atomic E-state index is 13.6. The van der Waals surface area contributed by atoms with E-state index >= 15 is 0 Å². The second-order valence-corrected chi connectivity index (χ2v) is 17.9. The Morgan fingerprint density at radius 1 is 0.978 bits per heavy atom. The lowest BCUT2D eigenvalue weighted by Gasteiger charge is -2.36. The molecule has 3 aromatic rings. The van der Waals surface area contributed by atoms with Crippen LogP contribution in [0.15, 0.2) is 72.8 Å². The lowest BCUT2D eigenvalue weighted by molar-refractivity contribution is -0.135. The molecule has 2 aliphatic rings. The molecule has 46 heavy (non-hydrogen) atoms. The molecular weight excluding hydrogens is 597 g/mol. The summed E-state index contributed by atoms with van der Waals surface area (Å²) in [5.74, 6) is 1.71. The van der Waals surface area contributed by atoms with Crippen LogP contribution in [0.3, 0.4) is 0 Å². The molecule has 2 saturated heterocycles. The van der Waals surface area contributed by atoms with Crippen LogP contribution in [-0.4, -0.2) is 75.5 Å². The Hall–Kier alpha value is -3.66. The third-order valence-electron chi connectivity index (χ3n) is 10.1. The minimum atomic E-state index is -2.11. The van der Waals surface area contributed by atoms with E-state index in [0.29, 0.717) is 24.3 Å². The summed E-state index contributed by atoms with van der Waals surface area (Å²) < 4.78 is 17.5. The quantitative estimate of drug-likeness (QED) is 0.248. The Labute approximate surface area is 274 Å². The number of methoxy groups -OCH3 is 2. The molecular formula is C37H48N2O6Si. The summed E-state index contributed by atoms with van der Waals surface area (Å²) in [6.07, 6.45) is 3.52. The highest BCUT2D eigenvalue weighted by Gasteiger charge is 2.51. The van der Waals surface area contributed by atoms with E-state index in [0.717, 1.165) is 42.7 Å². The number of amides is 2. The first-order valence-electron chi connectivity index (χ1n) is 16.4. The van der Waals surface area contributed by atoms with Crippen molar-refractivity contribution in [1.82, 2.24) is 4.90 Å². The van der Waals surface area contributed by atoms with Crippen LogP contribution >= 0.6 is 0 Å². The normalized spacial score (nSPS) is 22.9. The van der Waals surface area contributed by atoms with Gasteiger partial charge in [-0.1, -0.05) is 49.5 Å². The highest BCUT2D eigenvalue weighted by Crippen LogP contribution is 2.46. The molecule has 2 fully saturated rings. The van der Waals surface area contributed by atoms with Crippen molar-refractivity contribution >= 4 is 30.8 Å². The number of hydrogen-bond donors (Lipinski definition) is 2. The largest absolute Gasteiger partial charge is 0.497 e. The van der Waals surface area contributed by atoms with Gasteiger partial charge in [0.15, 0.2) is 0 Å². The summed E-state index contributed by atoms with van der Waals surface area (Å²) in [5.41, 5.74) is 2.67. The zero-order valence-corrected chi connectivity index (χ0v) is 28.7. The highest BCUT2D eigenvalue weighted by molar-refractivity contribution is 6.91. The maximum Gasteiger partial charge on any atom is 0.255 e. The molecule has 0 bridgehead atoms. The fraction of sp³-hybridized carbons (Fsp3) is 0.459. The molecule has 0 aliphatic carbocycles. The molecule has 5 atom stereocenters. The van der Waals surface area contributed by atoms with Gasteiger partial charge in [-0.3, -0.25) is 9.59 Å². The van der Waals surface area contributed by atoms with Gasteiger partial charge in [0, 0.05) is 17.8 Å². The van der Waals surface area contributed by atoms with Crippen molar-refractivity contribution in [2.75, 3.05) is 32.7 Å². The minimum Gasteiger partial charge on any atom is -0.497 e. The number of hydrogen-bond acceptors (Lipinski definition) is 6. The van der Waals surface area contributed by atoms with Gasteiger partial charge >= 0.3 is 0 Å². The summed E-state index contributed by atoms with van der Waals surface area (Å²) in [5, 5.41) is 14.2. The number of ether oxygens (including phenoxy) is 3. The molecule has 8 nitrogen and oxygen atoms in total. The van der Waals surface area contributed by atoms with Crippen molar-refractivity contribution in [2.45, 2.75) is 75.9 Å². The number of benzene rings is 3. The second kappa shape index (κ2) is 14.8. The number of rotatable bonds is 12. The number of carbonyl (C=O) groups is 2. The molecule has 3 aromatic carbocycles. The minimum absolute atomic E-state index is 0.00223. The average Bonchev–Trinajstić information content (AvgIpc) is 3.68. The molecule has 2 N–H and O–H groups in total. The molecule has 0 unspecified atom stereocenters. The lowest BCUT2D eigenvalue weighted by atomic mass is 9.95. The van der Waals surface area contributed by atoms with Crippen LogP contribution < -0.4 is 20.0 Å². The van der Waals surface area contributed by atoms with Gasteiger partial charge in [0.1, 0.15) is 11.5 Å². The van der Waals surface area contributed by atoms with Crippen molar-refractivity contribution in [2.24, 2.45) is 5.92 Å². The van der Waals surface area contributed by atoms with E-state index in [1.54, 1.807) is 38.5 Å². The van der Waals surface area contributed by atoms with Gasteiger partial charge in [-0.25, -0.2) is 0 Å². The van der Waals surface area contributed by atoms with Crippen molar-refractivity contribution in [3.05, 3.63) is 83.9 Å². The molecule has 0 radical (unpaired) electrons. The second-order valence-electron chi connectivity index (χ2n) is 13.2. The van der Waals surface area contributed by atoms with Crippen molar-refractivity contribution in [1.29, 1.82) is 0 Å². The summed E-state index contributed by atoms with van der Waals surface area (Å²) in [6, 6.07) is 23.3. The molecule has 0 aromatic heterocycles. The molecule has 0 spiro atoms. The Balaban J connectivity index is 1.30. The van der Waals surface area contributed by atoms with Gasteiger partial charge in [0.05, 0.1) is 53.6 Å². The third kappa shape index (κ3) is 7.48. The average molecular weight is 645 g/mol. The fourth-order valence-electron chi connectivity index (χ4n) is 7.55. The maximum atomic E-state index is 13.6. The lowest BCUT2D eigenvalue weighted by Crippen LogP contribution is -2.51. The van der Waals surface area contributed by atoms with Gasteiger partial charge in [-0.05, 0) is 91.2 Å². The van der Waals surface area contributed by atoms with Gasteiger partial charge in [-0.2, -0.15) is 0 Å². The number of carbonyl (C=O) groups excluding carboxylic acids is 2. The van der Waals surface area contributed by atoms with Crippen LogP contribution in [-0.2, 0) is 16.0 Å². The molecule has 9 heteroatoms. The number of anilines is 1. The molecule has 0 saturated carbocycles. The summed E-state index contributed by atoms with van der Waals surface area (Å²) in [6.45, 7) is 7.77. The van der Waals surface area contributed by atoms with E-state index in [4.69, 9.17) is 14.2 Å². The SMILES string of the molecule is COc1ccc(C(=O)Nc2cccc(CC[C@@H]3O[C@H](CC(=O)N4CCC[C@H]4CO)[C@@H]([Si](C)(C)c4ccc(OC)cc4)[C@@H]3C)c2)cc1. The van der Waals surface area contributed by atoms with Crippen LogP contribution in [0.25, 0.3) is 0 Å². The first-order valence-corrected chi connectivity index (χ1v) is 19.5. The van der Waals surface area contributed by atoms with Gasteiger partial charge in [0.2, 0.25) is 5.91 Å². The standard InChI is InChI=1S/C37H48N2O6Si/c1-25-33(20-11-26-8-6-9-28(22-26)38-37(42)27-12-14-30(43-2)15-13-27)45-34(23-35(41)39-21-7-10-29(39)24-40)36(25)46(4,5)32-18-16-31(44-3)17-19-32/h6,8-9,12-19,22,25,29,33-34,36,40H,7,10-11,20-21,23-24H2,1-5H3,(H,38,42)/t25-,29+,33+,34-,36+/m1/s1. The third-order valence-corrected chi connectivity index (χ3v) is 14.5. The van der Waals surface area contributed by atoms with Gasteiger partial charge < -0.3 is 29.5 Å². The highest BCUT2D eigenvalue weighted by atomic mass is 28.3. The summed E-state index contributed by atoms with van der Waals surface area (Å²) >= 11 is 0. The Morgan fingerprint density at radius 3 is 2.30 bits per heavy atom. The number of nitrogens with zero attached hydrogens (tertiary/aromatic N) is 1. The Bertz CT molecular complexity index is 1480. The van der Waals surface area contributed by atoms with E-state index in [1.807, 2.05) is 35.2 Å². The van der Waals surface area contributed by atoms with Crippen LogP contribution in [0.1, 0.15) is 48.5 Å². The number of likely N-dealkylation sites (tertiary alicyclic amines) is 1. The predicted octanol–water partition coefficient (Wildman–Crippen LogP) is 5.65. The van der Waals surface area contributed by atoms with E-state index in [9.17, 15) is 14.7 Å². The molecule has 246 valence electrons. The Morgan fingerprint density at radius 2 is 1.65 bits per heavy atom. The van der Waals surface area contributed by atoms with Crippen molar-refractivity contribution in [3.8, 4) is 11.5 Å². The topological polar surface area (TPSA) is 97.3 Å². The first kappa shape index (κ1) is 33.7. The van der Waals surface area contributed by atoms with Crippen LogP contribution in [0.5, 0.6) is 11.5 Å². The van der Waals surface area contributed by atoms with E-state index < -0.39 is 8.07 Å². The number of nitrogens with one attached hydrogen (secondary N) is 1. The van der Waals surface area contributed by atoms with Gasteiger partial charge in [0.25, 0.3) is 5.91 Å². The van der Waals surface area contributed by atoms with Crippen molar-refractivity contribution < 1.29 is 28.9 Å². The molecule has 2 amide bonds. The van der Waals surface area contributed by atoms with E-state index in [2.05, 4.69) is 43.5 Å². The zero-order chi connectivity index (χ0) is 32.8. The van der Waals surface area contributed by atoms with Crippen LogP contribution in [0.2, 0.25) is 18.6 Å². The summed E-state index contributed by atoms with van der Waals surface area (Å²) in [4.78, 5) is 28.3. The Kier molecular flexibility index (Phi) is 10.9. The molecule has 5 rings (SSSR count). The molecule has 2 aliphatic heterocycles. The predicted molar refractivity (Wildman–Crippen MR) is 184 cm³/mol. The van der Waals surface area contributed by atoms with Crippen LogP contribution in [0, 0.1) is 5.92 Å². The van der Waals surface area contributed by atoms with E-state index in [1.165, 1.54) is 5.19 Å². The molecule has 2 heterocycles. The van der Waals surface area contributed by atoms with Crippen molar-refractivity contribution in [3.63, 3.8) is 0 Å². The van der Waals surface area contributed by atoms with Crippen LogP contribution in [0.4, 0.5) is 5.69 Å². The van der Waals surface area contributed by atoms with E-state index in [-0.39, 0.29) is 48.1 Å². The smallest absolute Gasteiger partial charge is 0.255 e. The number of aliphatic hydroxyl groups excluding tert-OH is 1. The number of aryl methyl sites for hydroxylation is 1. The van der Waals surface area contributed by atoms with Gasteiger partial charge in [-0.15, -0.1) is 0 Å². The zero-order valence-electron chi connectivity index (χ0n) is 27.7. The summed E-state index contributed by atoms with van der Waals surface area (Å²) in [7, 11) is 1.17.